The molecule has 0 amide bonds. The van der Waals surface area contributed by atoms with Gasteiger partial charge in [-0.05, 0) is 6.42 Å². The maximum atomic E-state index is 11.7. The van der Waals surface area contributed by atoms with Gasteiger partial charge in [-0.15, -0.1) is 0 Å². The molecule has 0 spiro atoms. The monoisotopic (exact) mass is 285 g/mol. The molecule has 1 saturated heterocycles. The molecule has 1 N–H and O–H groups in total. The predicted octanol–water partition coefficient (Wildman–Crippen LogP) is -1.09. The van der Waals surface area contributed by atoms with Gasteiger partial charge in [0.25, 0.3) is 0 Å². The topological polar surface area (TPSA) is 109 Å². The Morgan fingerprint density at radius 1 is 1.47 bits per heavy atom. The number of hydrogen-bond donors (Lipinski definition) is 1. The average molecular weight is 285 g/mol. The molecular formula is C8H15NO6S2. The van der Waals surface area contributed by atoms with Crippen molar-refractivity contribution < 1.29 is 26.7 Å². The van der Waals surface area contributed by atoms with E-state index < -0.39 is 37.6 Å². The fourth-order valence-electron chi connectivity index (χ4n) is 1.92. The molecule has 1 unspecified atom stereocenters. The van der Waals surface area contributed by atoms with Crippen molar-refractivity contribution in [3.8, 4) is 0 Å². The minimum atomic E-state index is -3.94. The van der Waals surface area contributed by atoms with Gasteiger partial charge in [0.05, 0.1) is 11.5 Å². The Labute approximate surface area is 100 Å². The zero-order chi connectivity index (χ0) is 13.3. The van der Waals surface area contributed by atoms with Crippen molar-refractivity contribution in [1.29, 1.82) is 0 Å². The molecule has 1 fully saturated rings. The van der Waals surface area contributed by atoms with Crippen LogP contribution in [0.5, 0.6) is 0 Å². The third-order valence-corrected chi connectivity index (χ3v) is 6.22. The zero-order valence-electron chi connectivity index (χ0n) is 9.37. The second-order valence-corrected chi connectivity index (χ2v) is 8.06. The van der Waals surface area contributed by atoms with Crippen molar-refractivity contribution >= 4 is 25.8 Å². The van der Waals surface area contributed by atoms with Crippen LogP contribution in [0.4, 0.5) is 0 Å². The summed E-state index contributed by atoms with van der Waals surface area (Å²) in [4.78, 5) is 10.5. The molecule has 17 heavy (non-hydrogen) atoms. The highest BCUT2D eigenvalue weighted by Crippen LogP contribution is 2.20. The maximum absolute atomic E-state index is 11.7. The Balaban J connectivity index is 2.90. The number of aliphatic carboxylic acids is 1. The minimum absolute atomic E-state index is 0.0449. The molecule has 0 aromatic carbocycles. The van der Waals surface area contributed by atoms with Crippen molar-refractivity contribution in [3.63, 3.8) is 0 Å². The summed E-state index contributed by atoms with van der Waals surface area (Å²) in [6, 6.07) is -0.630. The summed E-state index contributed by atoms with van der Waals surface area (Å²) in [6.07, 6.45) is 0.231. The molecule has 0 aromatic rings. The van der Waals surface area contributed by atoms with E-state index in [0.717, 1.165) is 4.31 Å². The lowest BCUT2D eigenvalue weighted by molar-refractivity contribution is -0.134. The molecule has 1 atom stereocenters. The predicted molar refractivity (Wildman–Crippen MR) is 60.9 cm³/mol. The van der Waals surface area contributed by atoms with Crippen molar-refractivity contribution in [2.24, 2.45) is 0 Å². The van der Waals surface area contributed by atoms with Gasteiger partial charge in [-0.1, -0.05) is 6.92 Å². The Bertz CT molecular complexity index is 494. The molecule has 9 heteroatoms. The molecule has 1 aliphatic heterocycles. The van der Waals surface area contributed by atoms with E-state index in [1.54, 1.807) is 6.92 Å². The van der Waals surface area contributed by atoms with Gasteiger partial charge in [0.2, 0.25) is 10.0 Å². The fourth-order valence-corrected chi connectivity index (χ4v) is 5.25. The second kappa shape index (κ2) is 4.91. The Hall–Kier alpha value is -0.670. The first-order valence-corrected chi connectivity index (χ1v) is 8.53. The molecule has 100 valence electrons. The van der Waals surface area contributed by atoms with Crippen LogP contribution in [0.15, 0.2) is 0 Å². The molecule has 1 heterocycles. The Morgan fingerprint density at radius 2 is 2.06 bits per heavy atom. The molecule has 0 radical (unpaired) electrons. The number of carbonyl (C=O) groups is 1. The standard InChI is InChI=1S/C8H15NO6S2/c1-2-9(17(14,15)6-8(10)11)7-3-4-16(12,13)5-7/h7H,2-6H2,1H3,(H,10,11). The number of rotatable bonds is 5. The number of sulfone groups is 1. The van der Waals surface area contributed by atoms with Crippen LogP contribution in [0.3, 0.4) is 0 Å². The van der Waals surface area contributed by atoms with Crippen LogP contribution in [-0.4, -0.2) is 62.1 Å². The first-order valence-electron chi connectivity index (χ1n) is 5.09. The summed E-state index contributed by atoms with van der Waals surface area (Å²) >= 11 is 0. The summed E-state index contributed by atoms with van der Waals surface area (Å²) in [5.41, 5.74) is 0. The minimum Gasteiger partial charge on any atom is -0.480 e. The summed E-state index contributed by atoms with van der Waals surface area (Å²) in [6.45, 7) is 1.64. The lowest BCUT2D eigenvalue weighted by Crippen LogP contribution is -2.43. The van der Waals surface area contributed by atoms with Gasteiger partial charge in [-0.2, -0.15) is 4.31 Å². The van der Waals surface area contributed by atoms with Gasteiger partial charge < -0.3 is 5.11 Å². The lowest BCUT2D eigenvalue weighted by atomic mass is 10.3. The highest BCUT2D eigenvalue weighted by Gasteiger charge is 2.37. The van der Waals surface area contributed by atoms with Crippen molar-refractivity contribution in [1.82, 2.24) is 4.31 Å². The van der Waals surface area contributed by atoms with Crippen molar-refractivity contribution in [2.45, 2.75) is 19.4 Å². The average Bonchev–Trinajstić information content (AvgIpc) is 2.44. The lowest BCUT2D eigenvalue weighted by Gasteiger charge is -2.24. The van der Waals surface area contributed by atoms with Crippen LogP contribution in [0, 0.1) is 0 Å². The van der Waals surface area contributed by atoms with Crippen LogP contribution < -0.4 is 0 Å². The van der Waals surface area contributed by atoms with Gasteiger partial charge in [0.1, 0.15) is 0 Å². The summed E-state index contributed by atoms with van der Waals surface area (Å²) < 4.78 is 47.0. The first-order chi connectivity index (χ1) is 7.68. The third kappa shape index (κ3) is 3.65. The summed E-state index contributed by atoms with van der Waals surface area (Å²) in [5, 5.41) is 8.51. The van der Waals surface area contributed by atoms with Crippen LogP contribution in [0.1, 0.15) is 13.3 Å². The smallest absolute Gasteiger partial charge is 0.320 e. The normalized spacial score (nSPS) is 24.0. The molecule has 1 rings (SSSR count). The van der Waals surface area contributed by atoms with Gasteiger partial charge in [-0.25, -0.2) is 16.8 Å². The van der Waals surface area contributed by atoms with E-state index in [2.05, 4.69) is 0 Å². The molecule has 0 aromatic heterocycles. The largest absolute Gasteiger partial charge is 0.480 e. The highest BCUT2D eigenvalue weighted by molar-refractivity contribution is 7.92. The number of sulfonamides is 1. The number of carboxylic acid groups (broad SMARTS) is 1. The maximum Gasteiger partial charge on any atom is 0.320 e. The number of carboxylic acids is 1. The molecule has 7 nitrogen and oxygen atoms in total. The number of nitrogens with zero attached hydrogens (tertiary/aromatic N) is 1. The SMILES string of the molecule is CCN(C1CCS(=O)(=O)C1)S(=O)(=O)CC(=O)O. The number of hydrogen-bond acceptors (Lipinski definition) is 5. The van der Waals surface area contributed by atoms with Gasteiger partial charge >= 0.3 is 5.97 Å². The summed E-state index contributed by atoms with van der Waals surface area (Å²) in [5.74, 6) is -2.71. The van der Waals surface area contributed by atoms with Gasteiger partial charge in [0, 0.05) is 12.6 Å². The van der Waals surface area contributed by atoms with E-state index in [9.17, 15) is 21.6 Å². The molecule has 1 aliphatic rings. The van der Waals surface area contributed by atoms with Crippen LogP contribution in [0.2, 0.25) is 0 Å². The van der Waals surface area contributed by atoms with Gasteiger partial charge in [0.15, 0.2) is 15.6 Å². The quantitative estimate of drug-likeness (QED) is 0.687. The summed E-state index contributed by atoms with van der Waals surface area (Å²) in [7, 11) is -7.13. The van der Waals surface area contributed by atoms with E-state index in [1.807, 2.05) is 0 Å². The first kappa shape index (κ1) is 14.4. The molecule has 0 aliphatic carbocycles. The van der Waals surface area contributed by atoms with Crippen molar-refractivity contribution in [2.75, 3.05) is 23.8 Å². The molecule has 0 bridgehead atoms. The van der Waals surface area contributed by atoms with E-state index in [0.29, 0.717) is 0 Å². The van der Waals surface area contributed by atoms with Crippen LogP contribution >= 0.6 is 0 Å². The molecular weight excluding hydrogens is 270 g/mol. The third-order valence-electron chi connectivity index (χ3n) is 2.59. The van der Waals surface area contributed by atoms with Crippen molar-refractivity contribution in [3.05, 3.63) is 0 Å². The van der Waals surface area contributed by atoms with Gasteiger partial charge in [-0.3, -0.25) is 4.79 Å². The van der Waals surface area contributed by atoms with Crippen LogP contribution in [-0.2, 0) is 24.7 Å². The Kier molecular flexibility index (Phi) is 4.15. The van der Waals surface area contributed by atoms with E-state index >= 15 is 0 Å². The second-order valence-electron chi connectivity index (χ2n) is 3.91. The zero-order valence-corrected chi connectivity index (χ0v) is 11.0. The Morgan fingerprint density at radius 3 is 2.41 bits per heavy atom. The highest BCUT2D eigenvalue weighted by atomic mass is 32.2. The van der Waals surface area contributed by atoms with Crippen LogP contribution in [0.25, 0.3) is 0 Å². The van der Waals surface area contributed by atoms with E-state index in [1.165, 1.54) is 0 Å². The molecule has 0 saturated carbocycles. The fraction of sp³-hybridized carbons (Fsp3) is 0.875. The van der Waals surface area contributed by atoms with E-state index in [4.69, 9.17) is 5.11 Å². The van der Waals surface area contributed by atoms with E-state index in [-0.39, 0.29) is 24.5 Å².